The fraction of sp³-hybridized carbons (Fsp3) is 0.538. The maximum Gasteiger partial charge on any atom is 0.124 e. The van der Waals surface area contributed by atoms with Crippen LogP contribution in [0.2, 0.25) is 0 Å². The van der Waals surface area contributed by atoms with E-state index in [2.05, 4.69) is 43.9 Å². The predicted molar refractivity (Wildman–Crippen MR) is 63.1 cm³/mol. The van der Waals surface area contributed by atoms with Crippen LogP contribution in [0.3, 0.4) is 0 Å². The predicted octanol–water partition coefficient (Wildman–Crippen LogP) is 2.51. The summed E-state index contributed by atoms with van der Waals surface area (Å²) in [5.41, 5.74) is 2.61. The Bertz CT molecular complexity index is 371. The molecule has 2 rings (SSSR count). The zero-order valence-corrected chi connectivity index (χ0v) is 9.86. The first-order valence-corrected chi connectivity index (χ1v) is 5.52. The first-order chi connectivity index (χ1) is 6.96. The maximum atomic E-state index is 9.83. The Hall–Kier alpha value is -1.02. The molecule has 1 aliphatic rings. The molecule has 15 heavy (non-hydrogen) atoms. The monoisotopic (exact) mass is 205 g/mol. The second-order valence-electron chi connectivity index (χ2n) is 4.95. The Morgan fingerprint density at radius 2 is 1.93 bits per heavy atom. The number of benzene rings is 1. The van der Waals surface area contributed by atoms with Gasteiger partial charge in [0, 0.05) is 17.1 Å². The zero-order chi connectivity index (χ0) is 11.2. The van der Waals surface area contributed by atoms with Gasteiger partial charge in [-0.1, -0.05) is 32.0 Å². The quantitative estimate of drug-likeness (QED) is 0.761. The smallest absolute Gasteiger partial charge is 0.124 e. The van der Waals surface area contributed by atoms with Crippen molar-refractivity contribution in [3.8, 4) is 0 Å². The van der Waals surface area contributed by atoms with Gasteiger partial charge in [0.2, 0.25) is 0 Å². The number of para-hydroxylation sites is 1. The van der Waals surface area contributed by atoms with Crippen LogP contribution in [-0.4, -0.2) is 17.4 Å². The highest BCUT2D eigenvalue weighted by molar-refractivity contribution is 5.63. The molecule has 1 N–H and O–H groups in total. The maximum absolute atomic E-state index is 9.83. The average molecular weight is 205 g/mol. The van der Waals surface area contributed by atoms with Gasteiger partial charge in [-0.25, -0.2) is 0 Å². The topological polar surface area (TPSA) is 23.5 Å². The SMILES string of the molecule is CC(O)N1c2ccccc2C(C)(C)C1C. The average Bonchev–Trinajstić information content (AvgIpc) is 2.36. The third-order valence-corrected chi connectivity index (χ3v) is 3.74. The summed E-state index contributed by atoms with van der Waals surface area (Å²) in [5.74, 6) is 0. The van der Waals surface area contributed by atoms with E-state index in [1.807, 2.05) is 13.0 Å². The lowest BCUT2D eigenvalue weighted by atomic mass is 9.81. The van der Waals surface area contributed by atoms with E-state index < -0.39 is 6.23 Å². The van der Waals surface area contributed by atoms with Gasteiger partial charge in [-0.05, 0) is 25.5 Å². The molecule has 2 nitrogen and oxygen atoms in total. The van der Waals surface area contributed by atoms with Gasteiger partial charge in [-0.15, -0.1) is 0 Å². The Balaban J connectivity index is 2.57. The van der Waals surface area contributed by atoms with E-state index in [9.17, 15) is 5.11 Å². The van der Waals surface area contributed by atoms with Crippen LogP contribution in [0.4, 0.5) is 5.69 Å². The molecule has 2 unspecified atom stereocenters. The zero-order valence-electron chi connectivity index (χ0n) is 9.86. The van der Waals surface area contributed by atoms with Crippen molar-refractivity contribution < 1.29 is 5.11 Å². The van der Waals surface area contributed by atoms with Crippen LogP contribution in [0, 0.1) is 0 Å². The molecule has 0 radical (unpaired) electrons. The van der Waals surface area contributed by atoms with Crippen LogP contribution < -0.4 is 4.90 Å². The fourth-order valence-electron chi connectivity index (χ4n) is 2.55. The molecule has 0 aliphatic carbocycles. The minimum absolute atomic E-state index is 0.105. The van der Waals surface area contributed by atoms with Gasteiger partial charge in [0.1, 0.15) is 6.23 Å². The highest BCUT2D eigenvalue weighted by Crippen LogP contribution is 2.45. The third-order valence-electron chi connectivity index (χ3n) is 3.74. The van der Waals surface area contributed by atoms with Gasteiger partial charge in [0.15, 0.2) is 0 Å². The number of aliphatic hydroxyl groups excluding tert-OH is 1. The molecule has 82 valence electrons. The molecular weight excluding hydrogens is 186 g/mol. The van der Waals surface area contributed by atoms with Gasteiger partial charge in [-0.2, -0.15) is 0 Å². The molecule has 2 heteroatoms. The summed E-state index contributed by atoms with van der Waals surface area (Å²) in [5, 5.41) is 9.83. The number of aliphatic hydroxyl groups is 1. The molecule has 0 amide bonds. The molecule has 0 saturated heterocycles. The van der Waals surface area contributed by atoms with Crippen molar-refractivity contribution in [3.05, 3.63) is 29.8 Å². The third kappa shape index (κ3) is 1.36. The van der Waals surface area contributed by atoms with Crippen LogP contribution in [0.15, 0.2) is 24.3 Å². The molecule has 1 aromatic rings. The van der Waals surface area contributed by atoms with Crippen LogP contribution in [0.25, 0.3) is 0 Å². The second kappa shape index (κ2) is 3.24. The lowest BCUT2D eigenvalue weighted by Crippen LogP contribution is -2.43. The van der Waals surface area contributed by atoms with Gasteiger partial charge in [-0.3, -0.25) is 0 Å². The Labute approximate surface area is 91.5 Å². The van der Waals surface area contributed by atoms with Crippen molar-refractivity contribution in [2.75, 3.05) is 4.90 Å². The minimum Gasteiger partial charge on any atom is -0.374 e. The molecule has 1 heterocycles. The van der Waals surface area contributed by atoms with Gasteiger partial charge >= 0.3 is 0 Å². The number of fused-ring (bicyclic) bond motifs is 1. The summed E-state index contributed by atoms with van der Waals surface area (Å²) in [4.78, 5) is 2.09. The number of rotatable bonds is 1. The number of hydrogen-bond acceptors (Lipinski definition) is 2. The largest absolute Gasteiger partial charge is 0.374 e. The minimum atomic E-state index is -0.428. The lowest BCUT2D eigenvalue weighted by molar-refractivity contribution is 0.173. The summed E-state index contributed by atoms with van der Waals surface area (Å²) in [7, 11) is 0. The van der Waals surface area contributed by atoms with E-state index in [4.69, 9.17) is 0 Å². The Kier molecular flexibility index (Phi) is 2.27. The first kappa shape index (κ1) is 10.5. The summed E-state index contributed by atoms with van der Waals surface area (Å²) < 4.78 is 0. The van der Waals surface area contributed by atoms with Crippen LogP contribution >= 0.6 is 0 Å². The normalized spacial score (nSPS) is 25.1. The first-order valence-electron chi connectivity index (χ1n) is 5.52. The Morgan fingerprint density at radius 3 is 2.53 bits per heavy atom. The summed E-state index contributed by atoms with van der Waals surface area (Å²) in [6.45, 7) is 8.47. The van der Waals surface area contributed by atoms with Crippen LogP contribution in [-0.2, 0) is 5.41 Å². The van der Waals surface area contributed by atoms with Crippen molar-refractivity contribution >= 4 is 5.69 Å². The molecule has 1 aromatic carbocycles. The molecule has 0 bridgehead atoms. The van der Waals surface area contributed by atoms with Crippen molar-refractivity contribution in [2.45, 2.75) is 45.4 Å². The van der Waals surface area contributed by atoms with Gasteiger partial charge in [0.05, 0.1) is 0 Å². The van der Waals surface area contributed by atoms with Crippen molar-refractivity contribution in [2.24, 2.45) is 0 Å². The van der Waals surface area contributed by atoms with Gasteiger partial charge < -0.3 is 10.0 Å². The summed E-state index contributed by atoms with van der Waals surface area (Å²) in [6, 6.07) is 8.68. The van der Waals surface area contributed by atoms with E-state index in [-0.39, 0.29) is 5.41 Å². The van der Waals surface area contributed by atoms with Crippen LogP contribution in [0.1, 0.15) is 33.3 Å². The fourth-order valence-corrected chi connectivity index (χ4v) is 2.55. The molecule has 1 aliphatic heterocycles. The van der Waals surface area contributed by atoms with Crippen molar-refractivity contribution in [1.29, 1.82) is 0 Å². The van der Waals surface area contributed by atoms with Crippen molar-refractivity contribution in [1.82, 2.24) is 0 Å². The summed E-state index contributed by atoms with van der Waals surface area (Å²) in [6.07, 6.45) is -0.428. The molecular formula is C13H19NO. The van der Waals surface area contributed by atoms with E-state index in [1.54, 1.807) is 0 Å². The highest BCUT2D eigenvalue weighted by Gasteiger charge is 2.42. The molecule has 0 saturated carbocycles. The standard InChI is InChI=1S/C13H19NO/c1-9-13(3,4)11-7-5-6-8-12(11)14(9)10(2)15/h5-10,15H,1-4H3. The summed E-state index contributed by atoms with van der Waals surface area (Å²) >= 11 is 0. The van der Waals surface area contributed by atoms with E-state index in [1.165, 1.54) is 11.3 Å². The second-order valence-corrected chi connectivity index (χ2v) is 4.95. The molecule has 0 aromatic heterocycles. The van der Waals surface area contributed by atoms with E-state index in [0.29, 0.717) is 6.04 Å². The number of hydrogen-bond donors (Lipinski definition) is 1. The molecule has 0 fully saturated rings. The van der Waals surface area contributed by atoms with Gasteiger partial charge in [0.25, 0.3) is 0 Å². The lowest BCUT2D eigenvalue weighted by Gasteiger charge is -2.33. The van der Waals surface area contributed by atoms with E-state index in [0.717, 1.165) is 0 Å². The van der Waals surface area contributed by atoms with Crippen molar-refractivity contribution in [3.63, 3.8) is 0 Å². The molecule has 2 atom stereocenters. The number of anilines is 1. The van der Waals surface area contributed by atoms with E-state index >= 15 is 0 Å². The highest BCUT2D eigenvalue weighted by atomic mass is 16.3. The van der Waals surface area contributed by atoms with Crippen LogP contribution in [0.5, 0.6) is 0 Å². The number of nitrogens with zero attached hydrogens (tertiary/aromatic N) is 1. The molecule has 0 spiro atoms. The Morgan fingerprint density at radius 1 is 1.33 bits per heavy atom.